The fourth-order valence-corrected chi connectivity index (χ4v) is 8.88. The summed E-state index contributed by atoms with van der Waals surface area (Å²) in [7, 11) is -0.180. The van der Waals surface area contributed by atoms with Crippen molar-refractivity contribution in [3.05, 3.63) is 55.6 Å². The molecule has 0 spiro atoms. The fraction of sp³-hybridized carbons (Fsp3) is 0.538. The molecule has 152 valence electrons. The molecule has 0 heterocycles. The summed E-state index contributed by atoms with van der Waals surface area (Å²) in [6, 6.07) is 0. The Kier molecular flexibility index (Phi) is 6.44. The molecule has 0 atom stereocenters. The van der Waals surface area contributed by atoms with Crippen LogP contribution >= 0.6 is 15.8 Å². The number of hydrogen-bond donors (Lipinski definition) is 0. The summed E-state index contributed by atoms with van der Waals surface area (Å²) in [5.74, 6) is 0. The van der Waals surface area contributed by atoms with E-state index < -0.39 is 0 Å². The second-order valence-corrected chi connectivity index (χ2v) is 13.6. The minimum atomic E-state index is -0.0898. The van der Waals surface area contributed by atoms with Crippen molar-refractivity contribution in [2.75, 3.05) is 26.7 Å². The van der Waals surface area contributed by atoms with E-state index in [0.29, 0.717) is 0 Å². The largest absolute Gasteiger partial charge is 0.0811 e. The molecule has 0 unspecified atom stereocenters. The van der Waals surface area contributed by atoms with E-state index in [-0.39, 0.29) is 15.8 Å². The van der Waals surface area contributed by atoms with Crippen molar-refractivity contribution in [1.82, 2.24) is 0 Å². The minimum absolute atomic E-state index is 0.0898. The zero-order chi connectivity index (χ0) is 20.9. The second kappa shape index (κ2) is 8.20. The zero-order valence-corrected chi connectivity index (χ0v) is 21.5. The number of benzene rings is 2. The van der Waals surface area contributed by atoms with Gasteiger partial charge in [-0.1, -0.05) is 15.8 Å². The second-order valence-electron chi connectivity index (χ2n) is 9.15. The van der Waals surface area contributed by atoms with Gasteiger partial charge in [0.05, 0.1) is 0 Å². The van der Waals surface area contributed by atoms with E-state index in [1.165, 1.54) is 25.7 Å². The van der Waals surface area contributed by atoms with Gasteiger partial charge in [-0.05, 0) is 160 Å². The van der Waals surface area contributed by atoms with Crippen LogP contribution in [0.3, 0.4) is 0 Å². The smallest absolute Gasteiger partial charge is 0.0179 e. The standard InChI is InChI=1S/C26H38P2/c1-15-17(3)23-14-12-22-16(2)18(4)24(26(20(22)6)28(9)10)13-11-21(15)19(5)25(23)27(7)8/h11-14H2,1-10H3. The summed E-state index contributed by atoms with van der Waals surface area (Å²) in [6.07, 6.45) is 4.75. The van der Waals surface area contributed by atoms with Crippen molar-refractivity contribution in [2.24, 2.45) is 0 Å². The zero-order valence-electron chi connectivity index (χ0n) is 19.7. The molecule has 0 aromatic heterocycles. The van der Waals surface area contributed by atoms with Crippen LogP contribution in [0.4, 0.5) is 0 Å². The topological polar surface area (TPSA) is 0 Å². The van der Waals surface area contributed by atoms with Crippen LogP contribution in [0.25, 0.3) is 0 Å². The highest BCUT2D eigenvalue weighted by Gasteiger charge is 2.24. The van der Waals surface area contributed by atoms with Crippen molar-refractivity contribution in [3.8, 4) is 0 Å². The van der Waals surface area contributed by atoms with Gasteiger partial charge < -0.3 is 0 Å². The van der Waals surface area contributed by atoms with E-state index in [9.17, 15) is 0 Å². The first-order chi connectivity index (χ1) is 13.1. The first-order valence-electron chi connectivity index (χ1n) is 10.7. The quantitative estimate of drug-likeness (QED) is 0.519. The molecule has 0 saturated carbocycles. The molecule has 0 amide bonds. The lowest BCUT2D eigenvalue weighted by molar-refractivity contribution is 0.881. The highest BCUT2D eigenvalue weighted by Crippen LogP contribution is 2.38. The average molecular weight is 413 g/mol. The monoisotopic (exact) mass is 412 g/mol. The van der Waals surface area contributed by atoms with Gasteiger partial charge in [0.1, 0.15) is 0 Å². The lowest BCUT2D eigenvalue weighted by atomic mass is 9.83. The lowest BCUT2D eigenvalue weighted by Gasteiger charge is -2.29. The van der Waals surface area contributed by atoms with Gasteiger partial charge in [0.2, 0.25) is 0 Å². The number of hydrogen-bond acceptors (Lipinski definition) is 0. The summed E-state index contributed by atoms with van der Waals surface area (Å²) >= 11 is 0. The highest BCUT2D eigenvalue weighted by atomic mass is 31.1. The van der Waals surface area contributed by atoms with E-state index in [4.69, 9.17) is 0 Å². The minimum Gasteiger partial charge on any atom is -0.0811 e. The van der Waals surface area contributed by atoms with Gasteiger partial charge in [-0.15, -0.1) is 0 Å². The molecule has 0 nitrogen and oxygen atoms in total. The van der Waals surface area contributed by atoms with E-state index in [2.05, 4.69) is 68.2 Å². The maximum absolute atomic E-state index is 2.44. The van der Waals surface area contributed by atoms with Gasteiger partial charge in [0.25, 0.3) is 0 Å². The van der Waals surface area contributed by atoms with E-state index >= 15 is 0 Å². The van der Waals surface area contributed by atoms with Gasteiger partial charge in [0, 0.05) is 0 Å². The summed E-state index contributed by atoms with van der Waals surface area (Å²) < 4.78 is 0. The van der Waals surface area contributed by atoms with Crippen LogP contribution in [-0.4, -0.2) is 26.7 Å². The third-order valence-corrected chi connectivity index (χ3v) is 10.3. The van der Waals surface area contributed by atoms with E-state index in [0.717, 1.165) is 0 Å². The Hall–Kier alpha value is -0.700. The summed E-state index contributed by atoms with van der Waals surface area (Å²) in [5.41, 5.74) is 16.1. The molecule has 6 rings (SSSR count). The molecule has 2 heteroatoms. The third kappa shape index (κ3) is 3.50. The third-order valence-electron chi connectivity index (χ3n) is 7.27. The maximum Gasteiger partial charge on any atom is -0.0179 e. The van der Waals surface area contributed by atoms with Gasteiger partial charge in [-0.2, -0.15) is 0 Å². The fourth-order valence-electron chi connectivity index (χ4n) is 5.63. The first-order valence-corrected chi connectivity index (χ1v) is 15.1. The number of rotatable bonds is 2. The molecule has 4 aliphatic carbocycles. The van der Waals surface area contributed by atoms with E-state index in [1.807, 2.05) is 0 Å². The molecular weight excluding hydrogens is 374 g/mol. The summed E-state index contributed by atoms with van der Waals surface area (Å²) in [4.78, 5) is 0. The van der Waals surface area contributed by atoms with Crippen LogP contribution < -0.4 is 10.6 Å². The summed E-state index contributed by atoms with van der Waals surface area (Å²) in [6.45, 7) is 24.1. The molecule has 2 aromatic carbocycles. The van der Waals surface area contributed by atoms with Crippen molar-refractivity contribution in [2.45, 2.75) is 67.2 Å². The van der Waals surface area contributed by atoms with Gasteiger partial charge in [-0.3, -0.25) is 0 Å². The molecular formula is C26H38P2. The predicted octanol–water partition coefficient (Wildman–Crippen LogP) is 6.15. The van der Waals surface area contributed by atoms with E-state index in [1.54, 1.807) is 66.2 Å². The molecule has 0 aliphatic heterocycles. The predicted molar refractivity (Wildman–Crippen MR) is 133 cm³/mol. The van der Waals surface area contributed by atoms with Gasteiger partial charge in [-0.25, -0.2) is 0 Å². The Morgan fingerprint density at radius 3 is 0.929 bits per heavy atom. The molecule has 0 N–H and O–H groups in total. The molecule has 0 saturated heterocycles. The van der Waals surface area contributed by atoms with Crippen molar-refractivity contribution in [3.63, 3.8) is 0 Å². The van der Waals surface area contributed by atoms with Gasteiger partial charge in [0.15, 0.2) is 0 Å². The highest BCUT2D eigenvalue weighted by molar-refractivity contribution is 7.64. The maximum atomic E-state index is 2.44. The Morgan fingerprint density at radius 2 is 0.643 bits per heavy atom. The normalized spacial score (nSPS) is 14.1. The van der Waals surface area contributed by atoms with Crippen LogP contribution in [-0.2, 0) is 25.7 Å². The molecule has 2 aromatic rings. The molecule has 28 heavy (non-hydrogen) atoms. The van der Waals surface area contributed by atoms with Gasteiger partial charge >= 0.3 is 0 Å². The van der Waals surface area contributed by atoms with Crippen molar-refractivity contribution in [1.29, 1.82) is 0 Å². The Morgan fingerprint density at radius 1 is 0.393 bits per heavy atom. The molecule has 4 bridgehead atoms. The van der Waals surface area contributed by atoms with Crippen molar-refractivity contribution < 1.29 is 0 Å². The van der Waals surface area contributed by atoms with Crippen LogP contribution in [0.2, 0.25) is 0 Å². The van der Waals surface area contributed by atoms with Crippen LogP contribution in [0.1, 0.15) is 55.6 Å². The van der Waals surface area contributed by atoms with Crippen molar-refractivity contribution >= 4 is 26.5 Å². The molecule has 0 radical (unpaired) electrons. The SMILES string of the molecule is Cc1c(C)c2c(P(C)C)c(C)c1CCc1c(C)c(C)c(c(C)c1P(C)C)CC2. The summed E-state index contributed by atoms with van der Waals surface area (Å²) in [5, 5.41) is 3.40. The Bertz CT molecular complexity index is 855. The Labute approximate surface area is 176 Å². The van der Waals surface area contributed by atoms with Crippen LogP contribution in [0, 0.1) is 41.5 Å². The first kappa shape index (κ1) is 22.0. The Balaban J connectivity index is 2.33. The lowest BCUT2D eigenvalue weighted by Crippen LogP contribution is -2.24. The van der Waals surface area contributed by atoms with Crippen LogP contribution in [0.15, 0.2) is 0 Å². The molecule has 0 fully saturated rings. The average Bonchev–Trinajstić information content (AvgIpc) is 2.60. The van der Waals surface area contributed by atoms with Crippen LogP contribution in [0.5, 0.6) is 0 Å². The molecule has 4 aliphatic rings.